The van der Waals surface area contributed by atoms with Gasteiger partial charge >= 0.3 is 0 Å². The molecule has 1 N–H and O–H groups in total. The molecule has 8 heteroatoms. The van der Waals surface area contributed by atoms with Gasteiger partial charge < -0.3 is 14.8 Å². The fourth-order valence-corrected chi connectivity index (χ4v) is 3.30. The van der Waals surface area contributed by atoms with Crippen LogP contribution in [-0.2, 0) is 11.3 Å². The van der Waals surface area contributed by atoms with Crippen molar-refractivity contribution in [3.05, 3.63) is 59.9 Å². The Bertz CT molecular complexity index is 889. The van der Waals surface area contributed by atoms with Crippen molar-refractivity contribution in [2.45, 2.75) is 13.0 Å². The number of rotatable bonds is 6. The van der Waals surface area contributed by atoms with E-state index < -0.39 is 0 Å². The van der Waals surface area contributed by atoms with Gasteiger partial charge in [0.05, 0.1) is 14.2 Å². The summed E-state index contributed by atoms with van der Waals surface area (Å²) in [5, 5.41) is 7.18. The highest BCUT2D eigenvalue weighted by Gasteiger charge is 2.27. The van der Waals surface area contributed by atoms with E-state index in [1.54, 1.807) is 42.7 Å². The molecule has 2 aromatic rings. The first-order valence-electron chi connectivity index (χ1n) is 9.28. The summed E-state index contributed by atoms with van der Waals surface area (Å²) in [6.45, 7) is 1.87. The van der Waals surface area contributed by atoms with Crippen LogP contribution in [-0.4, -0.2) is 53.3 Å². The maximum Gasteiger partial charge on any atom is 0.265 e. The molecular weight excluding hydrogens is 388 g/mol. The second-order valence-electron chi connectivity index (χ2n) is 6.40. The Labute approximate surface area is 175 Å². The van der Waals surface area contributed by atoms with Gasteiger partial charge in [-0.3, -0.25) is 14.8 Å². The van der Waals surface area contributed by atoms with Gasteiger partial charge in [0.2, 0.25) is 0 Å². The van der Waals surface area contributed by atoms with Crippen molar-refractivity contribution in [3.63, 3.8) is 0 Å². The zero-order valence-electron chi connectivity index (χ0n) is 16.5. The smallest absolute Gasteiger partial charge is 0.265 e. The molecule has 0 radical (unpaired) electrons. The molecule has 1 aliphatic heterocycles. The van der Waals surface area contributed by atoms with Crippen molar-refractivity contribution >= 4 is 29.3 Å². The Morgan fingerprint density at radius 3 is 2.79 bits per heavy atom. The van der Waals surface area contributed by atoms with Gasteiger partial charge in [-0.25, -0.2) is 5.01 Å². The normalized spacial score (nSPS) is 13.6. The number of amides is 1. The molecule has 1 amide bonds. The van der Waals surface area contributed by atoms with E-state index in [2.05, 4.69) is 10.3 Å². The first-order chi connectivity index (χ1) is 14.1. The number of hydrazine groups is 1. The minimum Gasteiger partial charge on any atom is -0.497 e. The van der Waals surface area contributed by atoms with Gasteiger partial charge in [0.25, 0.3) is 5.91 Å². The molecule has 2 heterocycles. The summed E-state index contributed by atoms with van der Waals surface area (Å²) in [5.41, 5.74) is 1.79. The predicted molar refractivity (Wildman–Crippen MR) is 115 cm³/mol. The van der Waals surface area contributed by atoms with Crippen molar-refractivity contribution in [3.8, 4) is 11.5 Å². The Morgan fingerprint density at radius 2 is 2.07 bits per heavy atom. The van der Waals surface area contributed by atoms with Crippen LogP contribution >= 0.6 is 12.2 Å². The lowest BCUT2D eigenvalue weighted by Crippen LogP contribution is -2.48. The summed E-state index contributed by atoms with van der Waals surface area (Å²) >= 11 is 5.50. The third-order valence-electron chi connectivity index (χ3n) is 4.53. The van der Waals surface area contributed by atoms with Crippen LogP contribution in [0.25, 0.3) is 6.08 Å². The molecule has 152 valence electrons. The number of nitrogens with zero attached hydrogens (tertiary/aromatic N) is 3. The van der Waals surface area contributed by atoms with Crippen LogP contribution in [0.3, 0.4) is 0 Å². The van der Waals surface area contributed by atoms with Crippen LogP contribution in [0.15, 0.2) is 48.8 Å². The number of thiocarbonyl (C=S) groups is 1. The Balaban J connectivity index is 1.65. The van der Waals surface area contributed by atoms with Crippen LogP contribution in [0.2, 0.25) is 0 Å². The summed E-state index contributed by atoms with van der Waals surface area (Å²) in [6.07, 6.45) is 7.63. The second kappa shape index (κ2) is 9.88. The number of benzene rings is 1. The predicted octanol–water partition coefficient (Wildman–Crippen LogP) is 2.64. The Kier molecular flexibility index (Phi) is 7.02. The maximum atomic E-state index is 12.8. The highest BCUT2D eigenvalue weighted by molar-refractivity contribution is 7.80. The molecule has 0 bridgehead atoms. The van der Waals surface area contributed by atoms with Gasteiger partial charge in [-0.2, -0.15) is 0 Å². The highest BCUT2D eigenvalue weighted by Crippen LogP contribution is 2.25. The lowest BCUT2D eigenvalue weighted by molar-refractivity contribution is -0.133. The third-order valence-corrected chi connectivity index (χ3v) is 4.88. The molecule has 1 saturated heterocycles. The van der Waals surface area contributed by atoms with Crippen molar-refractivity contribution in [1.82, 2.24) is 20.3 Å². The summed E-state index contributed by atoms with van der Waals surface area (Å²) in [6, 6.07) is 9.29. The molecule has 1 fully saturated rings. The van der Waals surface area contributed by atoms with E-state index >= 15 is 0 Å². The van der Waals surface area contributed by atoms with E-state index in [9.17, 15) is 4.79 Å². The minimum atomic E-state index is -0.141. The first-order valence-corrected chi connectivity index (χ1v) is 9.69. The van der Waals surface area contributed by atoms with E-state index in [1.807, 2.05) is 30.3 Å². The lowest BCUT2D eigenvalue weighted by atomic mass is 10.1. The molecule has 3 rings (SSSR count). The van der Waals surface area contributed by atoms with Gasteiger partial charge in [-0.05, 0) is 54.5 Å². The molecule has 0 spiro atoms. The second-order valence-corrected chi connectivity index (χ2v) is 6.79. The minimum absolute atomic E-state index is 0.141. The number of pyridine rings is 1. The fraction of sp³-hybridized carbons (Fsp3) is 0.286. The number of aromatic nitrogens is 1. The van der Waals surface area contributed by atoms with Gasteiger partial charge in [-0.15, -0.1) is 0 Å². The standard InChI is InChI=1S/C21H24N4O3S/c1-27-18-7-8-19(28-2)17(13-18)6-9-20(26)24-11-4-12-25(24)21(29)23-15-16-5-3-10-22-14-16/h3,5-10,13-14H,4,11-12,15H2,1-2H3,(H,23,29)/b9-6+. The number of ether oxygens (including phenoxy) is 2. The number of carbonyl (C=O) groups excluding carboxylic acids is 1. The molecule has 0 saturated carbocycles. The molecule has 1 aromatic heterocycles. The summed E-state index contributed by atoms with van der Waals surface area (Å²) < 4.78 is 10.6. The van der Waals surface area contributed by atoms with Crippen molar-refractivity contribution in [1.29, 1.82) is 0 Å². The quantitative estimate of drug-likeness (QED) is 0.578. The van der Waals surface area contributed by atoms with Crippen molar-refractivity contribution < 1.29 is 14.3 Å². The highest BCUT2D eigenvalue weighted by atomic mass is 32.1. The average molecular weight is 413 g/mol. The number of nitrogens with one attached hydrogen (secondary N) is 1. The van der Waals surface area contributed by atoms with E-state index in [4.69, 9.17) is 21.7 Å². The zero-order chi connectivity index (χ0) is 20.6. The topological polar surface area (TPSA) is 66.9 Å². The lowest BCUT2D eigenvalue weighted by Gasteiger charge is -2.29. The monoisotopic (exact) mass is 412 g/mol. The Morgan fingerprint density at radius 1 is 1.24 bits per heavy atom. The largest absolute Gasteiger partial charge is 0.497 e. The maximum absolute atomic E-state index is 12.8. The summed E-state index contributed by atoms with van der Waals surface area (Å²) in [7, 11) is 3.19. The van der Waals surface area contributed by atoms with Crippen molar-refractivity contribution in [2.24, 2.45) is 0 Å². The van der Waals surface area contributed by atoms with Crippen LogP contribution in [0.1, 0.15) is 17.5 Å². The molecule has 7 nitrogen and oxygen atoms in total. The SMILES string of the molecule is COc1ccc(OC)c(/C=C/C(=O)N2CCCN2C(=S)NCc2cccnc2)c1. The van der Waals surface area contributed by atoms with E-state index in [1.165, 1.54) is 6.08 Å². The molecule has 0 aliphatic carbocycles. The molecule has 29 heavy (non-hydrogen) atoms. The number of methoxy groups -OCH3 is 2. The molecule has 1 aromatic carbocycles. The summed E-state index contributed by atoms with van der Waals surface area (Å²) in [5.74, 6) is 1.22. The fourth-order valence-electron chi connectivity index (χ4n) is 3.04. The number of carbonyl (C=O) groups is 1. The third kappa shape index (κ3) is 5.23. The van der Waals surface area contributed by atoms with Gasteiger partial charge in [0.15, 0.2) is 5.11 Å². The number of hydrogen-bond acceptors (Lipinski definition) is 5. The van der Waals surface area contributed by atoms with Crippen LogP contribution in [0, 0.1) is 0 Å². The Hall–Kier alpha value is -3.13. The summed E-state index contributed by atoms with van der Waals surface area (Å²) in [4.78, 5) is 16.9. The van der Waals surface area contributed by atoms with E-state index in [-0.39, 0.29) is 5.91 Å². The molecular formula is C21H24N4O3S. The van der Waals surface area contributed by atoms with E-state index in [0.29, 0.717) is 36.2 Å². The van der Waals surface area contributed by atoms with Crippen LogP contribution in [0.5, 0.6) is 11.5 Å². The van der Waals surface area contributed by atoms with Crippen LogP contribution < -0.4 is 14.8 Å². The zero-order valence-corrected chi connectivity index (χ0v) is 17.3. The molecule has 1 aliphatic rings. The van der Waals surface area contributed by atoms with Crippen molar-refractivity contribution in [2.75, 3.05) is 27.3 Å². The van der Waals surface area contributed by atoms with Crippen LogP contribution in [0.4, 0.5) is 0 Å². The number of hydrogen-bond donors (Lipinski definition) is 1. The van der Waals surface area contributed by atoms with Gasteiger partial charge in [0.1, 0.15) is 11.5 Å². The average Bonchev–Trinajstić information content (AvgIpc) is 3.26. The first kappa shape index (κ1) is 20.6. The molecule has 0 atom stereocenters. The molecule has 0 unspecified atom stereocenters. The van der Waals surface area contributed by atoms with E-state index in [0.717, 1.165) is 17.5 Å². The van der Waals surface area contributed by atoms with Gasteiger partial charge in [-0.1, -0.05) is 6.07 Å². The van der Waals surface area contributed by atoms with Gasteiger partial charge in [0, 0.05) is 43.7 Å².